The van der Waals surface area contributed by atoms with E-state index in [-0.39, 0.29) is 6.61 Å². The highest BCUT2D eigenvalue weighted by molar-refractivity contribution is 7.31. The third-order valence-electron chi connectivity index (χ3n) is 1.64. The van der Waals surface area contributed by atoms with Gasteiger partial charge < -0.3 is 29.6 Å². The highest BCUT2D eigenvalue weighted by Gasteiger charge is 1.93. The summed E-state index contributed by atoms with van der Waals surface area (Å²) in [5.74, 6) is 0. The average Bonchev–Trinajstić information content (AvgIpc) is 2.27. The maximum Gasteiger partial charge on any atom is 0.314 e. The largest absolute Gasteiger partial charge is 0.392 e. The van der Waals surface area contributed by atoms with Gasteiger partial charge in [0.05, 0.1) is 6.61 Å². The molecule has 0 atom stereocenters. The average molecular weight is 315 g/mol. The van der Waals surface area contributed by atoms with Gasteiger partial charge in [-0.2, -0.15) is 0 Å². The van der Waals surface area contributed by atoms with Crippen LogP contribution in [-0.2, 0) is 15.7 Å². The summed E-state index contributed by atoms with van der Waals surface area (Å²) in [4.78, 5) is 30.7. The van der Waals surface area contributed by atoms with Gasteiger partial charge in [0.25, 0.3) is 0 Å². The second-order valence-corrected chi connectivity index (χ2v) is 4.41. The van der Waals surface area contributed by atoms with Crippen molar-refractivity contribution < 1.29 is 33.8 Å². The minimum atomic E-state index is -3.13. The van der Waals surface area contributed by atoms with Crippen LogP contribution in [0.3, 0.4) is 0 Å². The molecular weight excluding hydrogens is 296 g/mol. The van der Waals surface area contributed by atoms with Gasteiger partial charge in [-0.1, -0.05) is 12.1 Å². The fraction of sp³-hybridized carbons (Fsp3) is 0.333. The Hall–Kier alpha value is -0.720. The van der Waals surface area contributed by atoms with Crippen molar-refractivity contribution in [3.05, 3.63) is 29.8 Å². The fourth-order valence-corrected chi connectivity index (χ4v) is 0.899. The zero-order valence-electron chi connectivity index (χ0n) is 10.5. The summed E-state index contributed by atoms with van der Waals surface area (Å²) in [6.45, 7) is 0.119. The molecule has 0 spiro atoms. The summed E-state index contributed by atoms with van der Waals surface area (Å²) in [6.07, 6.45) is 0. The van der Waals surface area contributed by atoms with Gasteiger partial charge >= 0.3 is 16.5 Å². The van der Waals surface area contributed by atoms with Gasteiger partial charge in [0, 0.05) is 19.8 Å². The van der Waals surface area contributed by atoms with Crippen LogP contribution < -0.4 is 4.90 Å². The molecule has 0 unspecified atom stereocenters. The van der Waals surface area contributed by atoms with Crippen molar-refractivity contribution in [2.75, 3.05) is 19.0 Å². The first-order valence-corrected chi connectivity index (χ1v) is 7.52. The van der Waals surface area contributed by atoms with Gasteiger partial charge in [0.15, 0.2) is 0 Å². The van der Waals surface area contributed by atoms with E-state index in [9.17, 15) is 0 Å². The minimum absolute atomic E-state index is 0.119. The lowest BCUT2D eigenvalue weighted by molar-refractivity contribution is 0.282. The molecule has 0 saturated carbocycles. The van der Waals surface area contributed by atoms with E-state index in [0.717, 1.165) is 11.3 Å². The zero-order valence-corrected chi connectivity index (χ0v) is 12.5. The summed E-state index contributed by atoms with van der Waals surface area (Å²) in [6, 6.07) is 7.84. The predicted molar refractivity (Wildman–Crippen MR) is 73.6 cm³/mol. The number of aliphatic hydroxyl groups is 1. The van der Waals surface area contributed by atoms with E-state index in [0.29, 0.717) is 0 Å². The van der Waals surface area contributed by atoms with Crippen LogP contribution in [0.4, 0.5) is 5.69 Å². The lowest BCUT2D eigenvalue weighted by Crippen LogP contribution is -2.08. The molecule has 0 radical (unpaired) electrons. The second-order valence-electron chi connectivity index (χ2n) is 3.28. The van der Waals surface area contributed by atoms with Crippen molar-refractivity contribution in [1.29, 1.82) is 0 Å². The number of nitrogens with zero attached hydrogens (tertiary/aromatic N) is 1. The highest BCUT2D eigenvalue weighted by atomic mass is 31.1. The Kier molecular flexibility index (Phi) is 13.4. The molecule has 8 nitrogen and oxygen atoms in total. The van der Waals surface area contributed by atoms with Crippen molar-refractivity contribution in [3.8, 4) is 0 Å². The number of benzene rings is 1. The smallest absolute Gasteiger partial charge is 0.314 e. The Bertz CT molecular complexity index is 363. The van der Waals surface area contributed by atoms with Crippen molar-refractivity contribution in [2.45, 2.75) is 6.61 Å². The molecule has 5 N–H and O–H groups in total. The number of aliphatic hydroxyl groups excluding tert-OH is 1. The van der Waals surface area contributed by atoms with Crippen LogP contribution in [0.2, 0.25) is 0 Å². The molecule has 1 aromatic rings. The van der Waals surface area contributed by atoms with Gasteiger partial charge in [-0.3, -0.25) is 9.13 Å². The van der Waals surface area contributed by atoms with Gasteiger partial charge in [0.2, 0.25) is 0 Å². The first-order chi connectivity index (χ1) is 8.70. The topological polar surface area (TPSA) is 139 Å². The summed E-state index contributed by atoms with van der Waals surface area (Å²) < 4.78 is 17.5. The predicted octanol–water partition coefficient (Wildman–Crippen LogP) is -0.0337. The summed E-state index contributed by atoms with van der Waals surface area (Å²) in [5, 5.41) is 8.75. The minimum Gasteiger partial charge on any atom is -0.392 e. The van der Waals surface area contributed by atoms with Gasteiger partial charge in [0.1, 0.15) is 0 Å². The van der Waals surface area contributed by atoms with Crippen molar-refractivity contribution >= 4 is 22.2 Å². The van der Waals surface area contributed by atoms with E-state index in [1.807, 2.05) is 43.3 Å². The molecule has 19 heavy (non-hydrogen) atoms. The van der Waals surface area contributed by atoms with Crippen molar-refractivity contribution in [3.63, 3.8) is 0 Å². The summed E-state index contributed by atoms with van der Waals surface area (Å²) in [7, 11) is -2.27. The van der Waals surface area contributed by atoms with Crippen LogP contribution in [0.5, 0.6) is 0 Å². The molecule has 0 aromatic heterocycles. The Morgan fingerprint density at radius 2 is 1.26 bits per heavy atom. The van der Waals surface area contributed by atoms with E-state index in [2.05, 4.69) is 0 Å². The van der Waals surface area contributed by atoms with Crippen LogP contribution in [0.15, 0.2) is 24.3 Å². The Morgan fingerprint density at radius 3 is 1.47 bits per heavy atom. The molecule has 0 heterocycles. The normalized spacial score (nSPS) is 9.32. The van der Waals surface area contributed by atoms with Crippen LogP contribution in [-0.4, -0.2) is 38.8 Å². The fourth-order valence-electron chi connectivity index (χ4n) is 0.899. The number of hydrogen-bond acceptors (Lipinski definition) is 4. The van der Waals surface area contributed by atoms with Crippen molar-refractivity contribution in [1.82, 2.24) is 0 Å². The van der Waals surface area contributed by atoms with Crippen LogP contribution in [0.1, 0.15) is 5.56 Å². The van der Waals surface area contributed by atoms with E-state index < -0.39 is 16.5 Å². The van der Waals surface area contributed by atoms with E-state index in [1.165, 1.54) is 0 Å². The van der Waals surface area contributed by atoms with Crippen LogP contribution >= 0.6 is 16.5 Å². The van der Waals surface area contributed by atoms with Crippen LogP contribution in [0.25, 0.3) is 0 Å². The molecule has 0 aliphatic heterocycles. The van der Waals surface area contributed by atoms with E-state index >= 15 is 0 Å². The van der Waals surface area contributed by atoms with Gasteiger partial charge in [-0.05, 0) is 17.7 Å². The lowest BCUT2D eigenvalue weighted by Gasteiger charge is -2.11. The molecule has 0 bridgehead atoms. The van der Waals surface area contributed by atoms with E-state index in [4.69, 9.17) is 33.8 Å². The number of hydrogen-bond donors (Lipinski definition) is 5. The molecule has 0 aliphatic carbocycles. The SMILES string of the molecule is CN(C)c1ccc(CO)cc1.O=[PH](O)O.O=[PH](O)O. The van der Waals surface area contributed by atoms with E-state index in [1.54, 1.807) is 0 Å². The molecule has 0 aliphatic rings. The van der Waals surface area contributed by atoms with Crippen molar-refractivity contribution in [2.24, 2.45) is 0 Å². The Morgan fingerprint density at radius 1 is 0.947 bits per heavy atom. The lowest BCUT2D eigenvalue weighted by atomic mass is 10.2. The van der Waals surface area contributed by atoms with Gasteiger partial charge in [-0.15, -0.1) is 0 Å². The standard InChI is InChI=1S/C9H13NO.2H3O3P/c1-10(2)9-5-3-8(7-11)4-6-9;2*1-4(2)3/h3-6,11H,7H2,1-2H3;2*4H,(H2,1,2,3). The quantitative estimate of drug-likeness (QED) is 0.479. The first-order valence-electron chi connectivity index (χ1n) is 4.91. The zero-order chi connectivity index (χ0) is 15.4. The third kappa shape index (κ3) is 17.3. The summed E-state index contributed by atoms with van der Waals surface area (Å²) >= 11 is 0. The van der Waals surface area contributed by atoms with Crippen LogP contribution in [0, 0.1) is 0 Å². The molecule has 0 fully saturated rings. The molecule has 1 rings (SSSR count). The molecule has 0 saturated heterocycles. The molecular formula is C9H19NO7P2. The monoisotopic (exact) mass is 315 g/mol. The van der Waals surface area contributed by atoms with Gasteiger partial charge in [-0.25, -0.2) is 0 Å². The summed E-state index contributed by atoms with van der Waals surface area (Å²) in [5.41, 5.74) is 2.11. The molecule has 10 heteroatoms. The first kappa shape index (κ1) is 20.6. The Labute approximate surface area is 112 Å². The second kappa shape index (κ2) is 12.3. The highest BCUT2D eigenvalue weighted by Crippen LogP contribution is 2.11. The number of anilines is 1. The molecule has 112 valence electrons. The molecule has 0 amide bonds. The Balaban J connectivity index is 0. The molecule has 1 aromatic carbocycles. The maximum atomic E-state index is 8.75. The maximum absolute atomic E-state index is 8.75. The number of rotatable bonds is 2. The third-order valence-corrected chi connectivity index (χ3v) is 1.64.